The Morgan fingerprint density at radius 2 is 1.96 bits per heavy atom. The number of carbonyl (C=O) groups excluding carboxylic acids is 1. The number of hydrogen-bond acceptors (Lipinski definition) is 4. The van der Waals surface area contributed by atoms with Crippen LogP contribution in [-0.2, 0) is 6.54 Å². The number of nitrogens with zero attached hydrogens (tertiary/aromatic N) is 3. The minimum absolute atomic E-state index is 0. The molecule has 1 fully saturated rings. The molecule has 1 aromatic carbocycles. The maximum absolute atomic E-state index is 12.7. The fraction of sp³-hybridized carbons (Fsp3) is 0.389. The number of amides is 1. The predicted octanol–water partition coefficient (Wildman–Crippen LogP) is 1.52. The van der Waals surface area contributed by atoms with Gasteiger partial charge in [-0.05, 0) is 37.4 Å². The van der Waals surface area contributed by atoms with Gasteiger partial charge in [-0.1, -0.05) is 30.3 Å². The van der Waals surface area contributed by atoms with Gasteiger partial charge in [0, 0.05) is 18.7 Å². The van der Waals surface area contributed by atoms with Gasteiger partial charge < -0.3 is 10.6 Å². The summed E-state index contributed by atoms with van der Waals surface area (Å²) in [4.78, 5) is 26.6. The zero-order chi connectivity index (χ0) is 17.1. The van der Waals surface area contributed by atoms with E-state index in [1.807, 2.05) is 37.3 Å². The van der Waals surface area contributed by atoms with Gasteiger partial charge in [0.15, 0.2) is 0 Å². The number of aromatic nitrogens is 2. The largest absolute Gasteiger partial charge is 0.334 e. The van der Waals surface area contributed by atoms with E-state index in [4.69, 9.17) is 5.73 Å². The molecule has 0 saturated carbocycles. The Labute approximate surface area is 153 Å². The van der Waals surface area contributed by atoms with Crippen LogP contribution in [0, 0.1) is 5.92 Å². The van der Waals surface area contributed by atoms with Gasteiger partial charge in [0.2, 0.25) is 0 Å². The Morgan fingerprint density at radius 1 is 1.24 bits per heavy atom. The van der Waals surface area contributed by atoms with Crippen LogP contribution in [0.4, 0.5) is 0 Å². The van der Waals surface area contributed by atoms with Crippen LogP contribution in [-0.4, -0.2) is 39.7 Å². The van der Waals surface area contributed by atoms with Gasteiger partial charge in [0.05, 0.1) is 6.54 Å². The topological polar surface area (TPSA) is 81.2 Å². The summed E-state index contributed by atoms with van der Waals surface area (Å²) in [5.74, 6) is 0.194. The molecule has 3 rings (SSSR count). The number of hydrogen-bond donors (Lipinski definition) is 1. The predicted molar refractivity (Wildman–Crippen MR) is 98.9 cm³/mol. The van der Waals surface area contributed by atoms with Gasteiger partial charge in [-0.15, -0.1) is 12.4 Å². The molecule has 0 spiro atoms. The lowest BCUT2D eigenvalue weighted by Crippen LogP contribution is -2.36. The summed E-state index contributed by atoms with van der Waals surface area (Å²) < 4.78 is 1.34. The zero-order valence-corrected chi connectivity index (χ0v) is 15.0. The Hall–Kier alpha value is -2.18. The standard InChI is InChI=1S/C18H22N4O2.ClH/c1-13-9-15(10-19)11-21(13)18(24)16-7-8-17(23)22(20-16)12-14-5-3-2-4-6-14;/h2-8,13,15H,9-12,19H2,1H3;1H. The van der Waals surface area contributed by atoms with E-state index in [-0.39, 0.29) is 29.9 Å². The maximum Gasteiger partial charge on any atom is 0.274 e. The molecule has 6 nitrogen and oxygen atoms in total. The highest BCUT2D eigenvalue weighted by atomic mass is 35.5. The Morgan fingerprint density at radius 3 is 2.60 bits per heavy atom. The van der Waals surface area contributed by atoms with Crippen molar-refractivity contribution in [3.63, 3.8) is 0 Å². The Bertz CT molecular complexity index is 778. The monoisotopic (exact) mass is 362 g/mol. The number of likely N-dealkylation sites (tertiary alicyclic amines) is 1. The fourth-order valence-corrected chi connectivity index (χ4v) is 3.18. The molecule has 2 aromatic rings. The minimum atomic E-state index is -0.218. The van der Waals surface area contributed by atoms with Crippen LogP contribution in [0.2, 0.25) is 0 Å². The highest BCUT2D eigenvalue weighted by Gasteiger charge is 2.32. The molecule has 2 atom stereocenters. The van der Waals surface area contributed by atoms with Gasteiger partial charge >= 0.3 is 0 Å². The molecule has 1 amide bonds. The van der Waals surface area contributed by atoms with Crippen molar-refractivity contribution in [1.82, 2.24) is 14.7 Å². The van der Waals surface area contributed by atoms with Crippen LogP contribution in [0.25, 0.3) is 0 Å². The van der Waals surface area contributed by atoms with E-state index in [2.05, 4.69) is 5.10 Å². The highest BCUT2D eigenvalue weighted by Crippen LogP contribution is 2.23. The number of rotatable bonds is 4. The third kappa shape index (κ3) is 4.27. The van der Waals surface area contributed by atoms with Crippen molar-refractivity contribution in [2.24, 2.45) is 11.7 Å². The van der Waals surface area contributed by atoms with E-state index < -0.39 is 0 Å². The molecular formula is C18H23ClN4O2. The van der Waals surface area contributed by atoms with Gasteiger partial charge in [-0.3, -0.25) is 9.59 Å². The summed E-state index contributed by atoms with van der Waals surface area (Å²) in [5, 5.41) is 4.28. The molecule has 1 aliphatic heterocycles. The van der Waals surface area contributed by atoms with Crippen molar-refractivity contribution in [3.8, 4) is 0 Å². The molecule has 2 N–H and O–H groups in total. The van der Waals surface area contributed by atoms with Crippen molar-refractivity contribution in [1.29, 1.82) is 0 Å². The maximum atomic E-state index is 12.7. The van der Waals surface area contributed by atoms with Crippen molar-refractivity contribution in [2.45, 2.75) is 25.9 Å². The molecule has 25 heavy (non-hydrogen) atoms. The minimum Gasteiger partial charge on any atom is -0.334 e. The van der Waals surface area contributed by atoms with Crippen LogP contribution in [0.1, 0.15) is 29.4 Å². The van der Waals surface area contributed by atoms with E-state index in [1.54, 1.807) is 4.90 Å². The lowest BCUT2D eigenvalue weighted by atomic mass is 10.1. The van der Waals surface area contributed by atoms with Crippen molar-refractivity contribution >= 4 is 18.3 Å². The first kappa shape index (κ1) is 19.1. The third-order valence-electron chi connectivity index (χ3n) is 4.52. The molecule has 1 aliphatic rings. The second kappa shape index (κ2) is 8.27. The van der Waals surface area contributed by atoms with Crippen LogP contribution in [0.3, 0.4) is 0 Å². The van der Waals surface area contributed by atoms with E-state index in [9.17, 15) is 9.59 Å². The molecule has 134 valence electrons. The quantitative estimate of drug-likeness (QED) is 0.894. The first-order valence-electron chi connectivity index (χ1n) is 8.21. The molecule has 0 aliphatic carbocycles. The average molecular weight is 363 g/mol. The lowest BCUT2D eigenvalue weighted by molar-refractivity contribution is 0.0734. The summed E-state index contributed by atoms with van der Waals surface area (Å²) in [5.41, 5.74) is 6.78. The molecule has 0 radical (unpaired) electrons. The number of halogens is 1. The fourth-order valence-electron chi connectivity index (χ4n) is 3.18. The van der Waals surface area contributed by atoms with Crippen LogP contribution in [0.5, 0.6) is 0 Å². The summed E-state index contributed by atoms with van der Waals surface area (Å²) in [6.07, 6.45) is 0.909. The van der Waals surface area contributed by atoms with Crippen LogP contribution >= 0.6 is 12.4 Å². The molecule has 1 aromatic heterocycles. The number of carbonyl (C=O) groups is 1. The first-order valence-corrected chi connectivity index (χ1v) is 8.21. The van der Waals surface area contributed by atoms with E-state index in [1.165, 1.54) is 16.8 Å². The molecule has 1 saturated heterocycles. The highest BCUT2D eigenvalue weighted by molar-refractivity contribution is 5.92. The molecule has 2 heterocycles. The van der Waals surface area contributed by atoms with Gasteiger partial charge in [0.25, 0.3) is 11.5 Å². The van der Waals surface area contributed by atoms with Gasteiger partial charge in [-0.25, -0.2) is 4.68 Å². The molecule has 7 heteroatoms. The molecule has 2 unspecified atom stereocenters. The van der Waals surface area contributed by atoms with Crippen molar-refractivity contribution < 1.29 is 4.79 Å². The normalized spacial score (nSPS) is 19.5. The first-order chi connectivity index (χ1) is 11.6. The van der Waals surface area contributed by atoms with Gasteiger partial charge in [0.1, 0.15) is 5.69 Å². The lowest BCUT2D eigenvalue weighted by Gasteiger charge is -2.21. The second-order valence-corrected chi connectivity index (χ2v) is 6.34. The Kier molecular flexibility index (Phi) is 6.33. The average Bonchev–Trinajstić information content (AvgIpc) is 2.98. The zero-order valence-electron chi connectivity index (χ0n) is 14.2. The summed E-state index contributed by atoms with van der Waals surface area (Å²) >= 11 is 0. The van der Waals surface area contributed by atoms with Crippen molar-refractivity contribution in [3.05, 3.63) is 64.1 Å². The number of nitrogens with two attached hydrogens (primary N) is 1. The summed E-state index contributed by atoms with van der Waals surface area (Å²) in [6.45, 7) is 3.60. The SMILES string of the molecule is CC1CC(CN)CN1C(=O)c1ccc(=O)n(Cc2ccccc2)n1.Cl. The van der Waals surface area contributed by atoms with Crippen LogP contribution in [0.15, 0.2) is 47.3 Å². The number of benzene rings is 1. The van der Waals surface area contributed by atoms with Gasteiger partial charge in [-0.2, -0.15) is 5.10 Å². The molecular weight excluding hydrogens is 340 g/mol. The van der Waals surface area contributed by atoms with E-state index in [0.717, 1.165) is 12.0 Å². The van der Waals surface area contributed by atoms with E-state index >= 15 is 0 Å². The Balaban J connectivity index is 0.00000225. The second-order valence-electron chi connectivity index (χ2n) is 6.34. The summed E-state index contributed by atoms with van der Waals surface area (Å²) in [7, 11) is 0. The van der Waals surface area contributed by atoms with Crippen molar-refractivity contribution in [2.75, 3.05) is 13.1 Å². The smallest absolute Gasteiger partial charge is 0.274 e. The van der Waals surface area contributed by atoms with Crippen LogP contribution < -0.4 is 11.3 Å². The third-order valence-corrected chi connectivity index (χ3v) is 4.52. The van der Waals surface area contributed by atoms with E-state index in [0.29, 0.717) is 31.2 Å². The summed E-state index contributed by atoms with van der Waals surface area (Å²) in [6, 6.07) is 12.7. The molecule has 0 bridgehead atoms.